The average Bonchev–Trinajstić information content (AvgIpc) is 2.35. The van der Waals surface area contributed by atoms with E-state index in [1.165, 1.54) is 11.8 Å². The molecule has 0 spiro atoms. The van der Waals surface area contributed by atoms with Crippen molar-refractivity contribution in [3.8, 4) is 0 Å². The van der Waals surface area contributed by atoms with Crippen molar-refractivity contribution in [3.63, 3.8) is 0 Å². The molecule has 0 aliphatic heterocycles. The molecule has 6 heteroatoms. The predicted molar refractivity (Wildman–Crippen MR) is 73.8 cm³/mol. The van der Waals surface area contributed by atoms with Gasteiger partial charge in [0.25, 0.3) is 0 Å². The van der Waals surface area contributed by atoms with Gasteiger partial charge in [-0.05, 0) is 13.8 Å². The first-order valence-corrected chi connectivity index (χ1v) is 6.16. The minimum Gasteiger partial charge on any atom is -0.460 e. The molecular formula is C14H21NO5. The number of amides is 1. The van der Waals surface area contributed by atoms with Gasteiger partial charge >= 0.3 is 11.9 Å². The van der Waals surface area contributed by atoms with Crippen molar-refractivity contribution in [2.75, 3.05) is 26.3 Å². The monoisotopic (exact) mass is 283 g/mol. The lowest BCUT2D eigenvalue weighted by Gasteiger charge is -2.20. The number of rotatable bonds is 8. The van der Waals surface area contributed by atoms with Gasteiger partial charge in [-0.15, -0.1) is 0 Å². The van der Waals surface area contributed by atoms with Gasteiger partial charge in [-0.1, -0.05) is 13.2 Å². The quantitative estimate of drug-likeness (QED) is 0.492. The molecule has 0 radical (unpaired) electrons. The minimum absolute atomic E-state index is 0.0692. The molecule has 0 heterocycles. The summed E-state index contributed by atoms with van der Waals surface area (Å²) in [5.41, 5.74) is 0.601. The zero-order valence-electron chi connectivity index (χ0n) is 12.2. The summed E-state index contributed by atoms with van der Waals surface area (Å²) in [6, 6.07) is 0. The van der Waals surface area contributed by atoms with Gasteiger partial charge in [0.15, 0.2) is 0 Å². The van der Waals surface area contributed by atoms with Crippen LogP contribution in [0.3, 0.4) is 0 Å². The Balaban J connectivity index is 4.09. The second-order valence-corrected chi connectivity index (χ2v) is 4.34. The Morgan fingerprint density at radius 3 is 1.45 bits per heavy atom. The Kier molecular flexibility index (Phi) is 7.96. The van der Waals surface area contributed by atoms with Gasteiger partial charge < -0.3 is 14.4 Å². The van der Waals surface area contributed by atoms with Gasteiger partial charge in [-0.25, -0.2) is 9.59 Å². The molecule has 0 aromatic carbocycles. The number of carbonyl (C=O) groups excluding carboxylic acids is 3. The molecule has 0 saturated heterocycles. The summed E-state index contributed by atoms with van der Waals surface area (Å²) in [6.07, 6.45) is 0. The van der Waals surface area contributed by atoms with Gasteiger partial charge in [-0.2, -0.15) is 0 Å². The van der Waals surface area contributed by atoms with Crippen LogP contribution in [0.4, 0.5) is 0 Å². The van der Waals surface area contributed by atoms with Crippen LogP contribution in [0, 0.1) is 0 Å². The van der Waals surface area contributed by atoms with Crippen LogP contribution in [0.5, 0.6) is 0 Å². The maximum Gasteiger partial charge on any atom is 0.333 e. The second kappa shape index (κ2) is 8.90. The van der Waals surface area contributed by atoms with E-state index in [1.54, 1.807) is 13.8 Å². The summed E-state index contributed by atoms with van der Waals surface area (Å²) in [7, 11) is 0. The lowest BCUT2D eigenvalue weighted by atomic mass is 10.3. The van der Waals surface area contributed by atoms with Crippen molar-refractivity contribution in [1.29, 1.82) is 0 Å². The first kappa shape index (κ1) is 17.9. The Labute approximate surface area is 119 Å². The highest BCUT2D eigenvalue weighted by molar-refractivity contribution is 5.87. The van der Waals surface area contributed by atoms with Crippen LogP contribution in [0.25, 0.3) is 0 Å². The number of ether oxygens (including phenoxy) is 2. The van der Waals surface area contributed by atoms with E-state index in [0.717, 1.165) is 0 Å². The lowest BCUT2D eigenvalue weighted by Crippen LogP contribution is -2.35. The molecule has 0 aromatic heterocycles. The Morgan fingerprint density at radius 2 is 1.20 bits per heavy atom. The molecule has 0 fully saturated rings. The first-order chi connectivity index (χ1) is 9.25. The topological polar surface area (TPSA) is 72.9 Å². The number of nitrogens with zero attached hydrogens (tertiary/aromatic N) is 1. The van der Waals surface area contributed by atoms with Gasteiger partial charge in [0.2, 0.25) is 5.91 Å². The van der Waals surface area contributed by atoms with Crippen LogP contribution in [0.15, 0.2) is 24.3 Å². The summed E-state index contributed by atoms with van der Waals surface area (Å²) in [5, 5.41) is 0. The Morgan fingerprint density at radius 1 is 0.850 bits per heavy atom. The largest absolute Gasteiger partial charge is 0.460 e. The van der Waals surface area contributed by atoms with Gasteiger partial charge in [0.05, 0.1) is 13.1 Å². The van der Waals surface area contributed by atoms with E-state index in [2.05, 4.69) is 13.2 Å². The van der Waals surface area contributed by atoms with Crippen LogP contribution >= 0.6 is 0 Å². The summed E-state index contributed by atoms with van der Waals surface area (Å²) >= 11 is 0. The maximum absolute atomic E-state index is 11.4. The van der Waals surface area contributed by atoms with Crippen LogP contribution < -0.4 is 0 Å². The molecule has 1 amide bonds. The first-order valence-electron chi connectivity index (χ1n) is 6.16. The summed E-state index contributed by atoms with van der Waals surface area (Å²) < 4.78 is 9.79. The third-order valence-electron chi connectivity index (χ3n) is 2.33. The highest BCUT2D eigenvalue weighted by Crippen LogP contribution is 1.97. The zero-order chi connectivity index (χ0) is 15.7. The molecule has 112 valence electrons. The molecule has 0 unspecified atom stereocenters. The van der Waals surface area contributed by atoms with E-state index in [4.69, 9.17) is 9.47 Å². The number of carbonyl (C=O) groups is 3. The van der Waals surface area contributed by atoms with Gasteiger partial charge in [0.1, 0.15) is 13.2 Å². The molecule has 0 bridgehead atoms. The molecule has 0 atom stereocenters. The van der Waals surface area contributed by atoms with Crippen LogP contribution in [0.1, 0.15) is 20.8 Å². The van der Waals surface area contributed by atoms with Crippen molar-refractivity contribution in [2.45, 2.75) is 20.8 Å². The van der Waals surface area contributed by atoms with Crippen LogP contribution in [-0.2, 0) is 23.9 Å². The molecule has 0 aromatic rings. The lowest BCUT2D eigenvalue weighted by molar-refractivity contribution is -0.143. The fraction of sp³-hybridized carbons (Fsp3) is 0.500. The molecule has 0 saturated carbocycles. The highest BCUT2D eigenvalue weighted by atomic mass is 16.5. The van der Waals surface area contributed by atoms with Crippen LogP contribution in [0.2, 0.25) is 0 Å². The number of hydrogen-bond acceptors (Lipinski definition) is 5. The Hall–Kier alpha value is -2.11. The molecule has 20 heavy (non-hydrogen) atoms. The normalized spacial score (nSPS) is 9.55. The van der Waals surface area contributed by atoms with E-state index in [9.17, 15) is 14.4 Å². The maximum atomic E-state index is 11.4. The fourth-order valence-electron chi connectivity index (χ4n) is 1.17. The number of esters is 2. The predicted octanol–water partition coefficient (Wildman–Crippen LogP) is 1.07. The van der Waals surface area contributed by atoms with E-state index in [0.29, 0.717) is 11.1 Å². The number of hydrogen-bond donors (Lipinski definition) is 0. The molecule has 0 aliphatic rings. The summed E-state index contributed by atoms with van der Waals surface area (Å²) in [6.45, 7) is 12.0. The van der Waals surface area contributed by atoms with Gasteiger partial charge in [-0.3, -0.25) is 4.79 Å². The Bertz CT molecular complexity index is 382. The third kappa shape index (κ3) is 7.35. The standard InChI is InChI=1S/C14H21NO5/c1-10(2)13(17)19-8-6-15(12(5)16)7-9-20-14(18)11(3)4/h1,3,6-9H2,2,4-5H3. The van der Waals surface area contributed by atoms with Crippen molar-refractivity contribution >= 4 is 17.8 Å². The second-order valence-electron chi connectivity index (χ2n) is 4.34. The fourth-order valence-corrected chi connectivity index (χ4v) is 1.17. The summed E-state index contributed by atoms with van der Waals surface area (Å²) in [4.78, 5) is 35.1. The zero-order valence-corrected chi connectivity index (χ0v) is 12.2. The third-order valence-corrected chi connectivity index (χ3v) is 2.33. The molecular weight excluding hydrogens is 262 g/mol. The van der Waals surface area contributed by atoms with E-state index in [1.807, 2.05) is 0 Å². The molecule has 0 aliphatic carbocycles. The smallest absolute Gasteiger partial charge is 0.333 e. The summed E-state index contributed by atoms with van der Waals surface area (Å²) in [5.74, 6) is -1.19. The van der Waals surface area contributed by atoms with Crippen molar-refractivity contribution in [2.24, 2.45) is 0 Å². The van der Waals surface area contributed by atoms with E-state index >= 15 is 0 Å². The van der Waals surface area contributed by atoms with E-state index < -0.39 is 11.9 Å². The average molecular weight is 283 g/mol. The van der Waals surface area contributed by atoms with E-state index in [-0.39, 0.29) is 32.2 Å². The minimum atomic E-state index is -0.498. The van der Waals surface area contributed by atoms with Crippen molar-refractivity contribution in [3.05, 3.63) is 24.3 Å². The van der Waals surface area contributed by atoms with Crippen molar-refractivity contribution < 1.29 is 23.9 Å². The SMILES string of the molecule is C=C(C)C(=O)OCCN(CCOC(=O)C(=C)C)C(C)=O. The highest BCUT2D eigenvalue weighted by Gasteiger charge is 2.11. The molecule has 6 nitrogen and oxygen atoms in total. The molecule has 0 N–H and O–H groups in total. The van der Waals surface area contributed by atoms with Crippen molar-refractivity contribution in [1.82, 2.24) is 4.90 Å². The van der Waals surface area contributed by atoms with Gasteiger partial charge in [0, 0.05) is 18.1 Å². The van der Waals surface area contributed by atoms with Crippen LogP contribution in [-0.4, -0.2) is 49.0 Å². The molecule has 0 rings (SSSR count).